The molecule has 6 aliphatic carbocycles. The van der Waals surface area contributed by atoms with Gasteiger partial charge in [0.05, 0.1) is 11.8 Å². The van der Waals surface area contributed by atoms with Gasteiger partial charge in [-0.05, 0) is 68.6 Å². The highest BCUT2D eigenvalue weighted by molar-refractivity contribution is 5.90. The molecule has 1 saturated heterocycles. The number of ether oxygens (including phenoxy) is 3. The monoisotopic (exact) mass is 482 g/mol. The summed E-state index contributed by atoms with van der Waals surface area (Å²) in [5, 5.41) is 0. The zero-order valence-corrected chi connectivity index (χ0v) is 19.0. The van der Waals surface area contributed by atoms with Crippen molar-refractivity contribution in [2.45, 2.75) is 75.9 Å². The largest absolute Gasteiger partial charge is 0.458 e. The molecule has 1 aliphatic heterocycles. The summed E-state index contributed by atoms with van der Waals surface area (Å²) in [7, 11) is 0. The zero-order valence-electron chi connectivity index (χ0n) is 19.0. The van der Waals surface area contributed by atoms with Gasteiger partial charge >= 0.3 is 24.1 Å². The molecule has 6 unspecified atom stereocenters. The summed E-state index contributed by atoms with van der Waals surface area (Å²) in [6.07, 6.45) is -0.283. The van der Waals surface area contributed by atoms with Crippen molar-refractivity contribution in [3.8, 4) is 0 Å². The molecule has 7 rings (SSSR count). The summed E-state index contributed by atoms with van der Waals surface area (Å²) in [5.41, 5.74) is -2.17. The lowest BCUT2D eigenvalue weighted by molar-refractivity contribution is -0.218. The number of hydrogen-bond donors (Lipinski definition) is 0. The molecule has 0 aromatic heterocycles. The van der Waals surface area contributed by atoms with Crippen LogP contribution in [0.15, 0.2) is 12.2 Å². The minimum atomic E-state index is -4.92. The average molecular weight is 482 g/mol. The van der Waals surface area contributed by atoms with Gasteiger partial charge in [0.2, 0.25) is 0 Å². The number of halogens is 3. The van der Waals surface area contributed by atoms with Crippen LogP contribution in [-0.2, 0) is 28.6 Å². The quantitative estimate of drug-likeness (QED) is 0.335. The molecule has 186 valence electrons. The molecule has 0 aromatic carbocycles. The first kappa shape index (κ1) is 22.4. The van der Waals surface area contributed by atoms with E-state index in [0.29, 0.717) is 36.5 Å². The molecule has 6 atom stereocenters. The van der Waals surface area contributed by atoms with Gasteiger partial charge in [0, 0.05) is 11.8 Å². The number of rotatable bonds is 5. The van der Waals surface area contributed by atoms with E-state index in [2.05, 4.69) is 6.58 Å². The van der Waals surface area contributed by atoms with E-state index in [9.17, 15) is 27.6 Å². The van der Waals surface area contributed by atoms with Gasteiger partial charge in [-0.3, -0.25) is 9.59 Å². The second-order valence-electron chi connectivity index (χ2n) is 11.4. The summed E-state index contributed by atoms with van der Waals surface area (Å²) in [4.78, 5) is 38.5. The Morgan fingerprint density at radius 1 is 1.06 bits per heavy atom. The van der Waals surface area contributed by atoms with Gasteiger partial charge in [0.15, 0.2) is 0 Å². The molecule has 0 radical (unpaired) electrons. The summed E-state index contributed by atoms with van der Waals surface area (Å²) >= 11 is 0. The predicted octanol–water partition coefficient (Wildman–Crippen LogP) is 3.97. The second kappa shape index (κ2) is 7.23. The Balaban J connectivity index is 1.24. The molecule has 34 heavy (non-hydrogen) atoms. The number of carbonyl (C=O) groups excluding carboxylic acids is 3. The molecule has 1 heterocycles. The van der Waals surface area contributed by atoms with Crippen molar-refractivity contribution < 1.29 is 41.8 Å². The van der Waals surface area contributed by atoms with Crippen LogP contribution in [0.25, 0.3) is 0 Å². The molecule has 9 heteroatoms. The molecule has 7 aliphatic rings. The van der Waals surface area contributed by atoms with Gasteiger partial charge in [0.25, 0.3) is 0 Å². The highest BCUT2D eigenvalue weighted by Crippen LogP contribution is 2.63. The zero-order chi connectivity index (χ0) is 24.2. The van der Waals surface area contributed by atoms with Crippen molar-refractivity contribution in [2.24, 2.45) is 47.3 Å². The van der Waals surface area contributed by atoms with Crippen LogP contribution in [0, 0.1) is 47.3 Å². The van der Waals surface area contributed by atoms with Crippen LogP contribution in [-0.4, -0.2) is 41.9 Å². The topological polar surface area (TPSA) is 78.9 Å². The van der Waals surface area contributed by atoms with Gasteiger partial charge in [0.1, 0.15) is 23.4 Å². The first-order valence-corrected chi connectivity index (χ1v) is 12.4. The van der Waals surface area contributed by atoms with E-state index in [1.54, 1.807) is 0 Å². The Bertz CT molecular complexity index is 929. The fourth-order valence-corrected chi connectivity index (χ4v) is 8.83. The van der Waals surface area contributed by atoms with Gasteiger partial charge in [-0.25, -0.2) is 4.79 Å². The van der Waals surface area contributed by atoms with Gasteiger partial charge in [-0.2, -0.15) is 13.2 Å². The Morgan fingerprint density at radius 3 is 2.24 bits per heavy atom. The van der Waals surface area contributed by atoms with Crippen LogP contribution in [0.2, 0.25) is 0 Å². The summed E-state index contributed by atoms with van der Waals surface area (Å²) in [6, 6.07) is 0. The maximum Gasteiger partial charge on any atom is 0.422 e. The molecular formula is C25H29F3O6. The number of esters is 3. The fourth-order valence-electron chi connectivity index (χ4n) is 8.83. The van der Waals surface area contributed by atoms with E-state index in [1.165, 1.54) is 6.42 Å². The smallest absolute Gasteiger partial charge is 0.422 e. The number of fused-ring (bicyclic) bond motifs is 1. The Morgan fingerprint density at radius 2 is 1.68 bits per heavy atom. The molecule has 7 fully saturated rings. The Labute approximate surface area is 195 Å². The first-order chi connectivity index (χ1) is 16.0. The van der Waals surface area contributed by atoms with E-state index in [1.807, 2.05) is 6.92 Å². The standard InChI is InChI=1S/C25H29F3O6/c1-3-24(13-5-11-4-12(7-13)8-14(24)6-11)34-23(31)18-16-9-15-17(18)22(30)33-20(15)19(16)32-21(29)10(2)25(26,27)28/h11-20H,2-9H2,1H3. The van der Waals surface area contributed by atoms with Crippen LogP contribution < -0.4 is 0 Å². The highest BCUT2D eigenvalue weighted by Gasteiger charge is 2.71. The lowest BCUT2D eigenvalue weighted by atomic mass is 9.49. The molecular weight excluding hydrogens is 453 g/mol. The van der Waals surface area contributed by atoms with Crippen LogP contribution in [0.1, 0.15) is 51.9 Å². The van der Waals surface area contributed by atoms with E-state index in [-0.39, 0.29) is 5.92 Å². The first-order valence-electron chi connectivity index (χ1n) is 12.4. The van der Waals surface area contributed by atoms with E-state index in [4.69, 9.17) is 14.2 Å². The van der Waals surface area contributed by atoms with Crippen LogP contribution in [0.4, 0.5) is 13.2 Å². The predicted molar refractivity (Wildman–Crippen MR) is 110 cm³/mol. The Kier molecular flexibility index (Phi) is 4.76. The van der Waals surface area contributed by atoms with Crippen molar-refractivity contribution >= 4 is 17.9 Å². The number of carbonyl (C=O) groups is 3. The van der Waals surface area contributed by atoms with E-state index >= 15 is 0 Å². The van der Waals surface area contributed by atoms with Crippen molar-refractivity contribution in [1.82, 2.24) is 0 Å². The molecule has 6 nitrogen and oxygen atoms in total. The number of alkyl halides is 3. The van der Waals surface area contributed by atoms with Crippen molar-refractivity contribution in [3.63, 3.8) is 0 Å². The SMILES string of the molecule is C=C(C(=O)OC1C2CC3C1OC(=O)C3C2C(=O)OC1(CC)C2CC3CC(C2)CC1C3)C(F)(F)F. The number of hydrogen-bond acceptors (Lipinski definition) is 6. The molecule has 0 spiro atoms. The van der Waals surface area contributed by atoms with Gasteiger partial charge in [-0.1, -0.05) is 13.5 Å². The molecule has 6 saturated carbocycles. The Hall–Kier alpha value is -2.06. The van der Waals surface area contributed by atoms with Gasteiger partial charge in [-0.15, -0.1) is 0 Å². The maximum atomic E-state index is 13.7. The van der Waals surface area contributed by atoms with Crippen LogP contribution in [0.5, 0.6) is 0 Å². The van der Waals surface area contributed by atoms with Crippen molar-refractivity contribution in [1.29, 1.82) is 0 Å². The van der Waals surface area contributed by atoms with E-state index in [0.717, 1.165) is 25.7 Å². The van der Waals surface area contributed by atoms with Crippen molar-refractivity contribution in [2.75, 3.05) is 0 Å². The summed E-state index contributed by atoms with van der Waals surface area (Å²) in [5.74, 6) is -3.14. The molecule has 0 N–H and O–H groups in total. The lowest BCUT2D eigenvalue weighted by Gasteiger charge is -2.60. The minimum Gasteiger partial charge on any atom is -0.458 e. The third kappa shape index (κ3) is 2.97. The molecule has 0 amide bonds. The molecule has 6 bridgehead atoms. The third-order valence-electron chi connectivity index (χ3n) is 10.0. The molecule has 0 aromatic rings. The van der Waals surface area contributed by atoms with Crippen LogP contribution in [0.3, 0.4) is 0 Å². The summed E-state index contributed by atoms with van der Waals surface area (Å²) in [6.45, 7) is 4.85. The minimum absolute atomic E-state index is 0.309. The highest BCUT2D eigenvalue weighted by atomic mass is 19.4. The third-order valence-corrected chi connectivity index (χ3v) is 10.0. The maximum absolute atomic E-state index is 13.7. The van der Waals surface area contributed by atoms with Gasteiger partial charge < -0.3 is 14.2 Å². The lowest BCUT2D eigenvalue weighted by Crippen LogP contribution is -2.60. The second-order valence-corrected chi connectivity index (χ2v) is 11.4. The fraction of sp³-hybridized carbons (Fsp3) is 0.800. The average Bonchev–Trinajstić information content (AvgIpc) is 3.38. The van der Waals surface area contributed by atoms with Crippen LogP contribution >= 0.6 is 0 Å². The normalized spacial score (nSPS) is 47.6. The summed E-state index contributed by atoms with van der Waals surface area (Å²) < 4.78 is 55.8. The van der Waals surface area contributed by atoms with Crippen molar-refractivity contribution in [3.05, 3.63) is 12.2 Å². The van der Waals surface area contributed by atoms with E-state index < -0.39 is 65.2 Å².